The molecule has 6 heteroatoms. The van der Waals surface area contributed by atoms with E-state index in [1.807, 2.05) is 32.0 Å². The number of para-hydroxylation sites is 1. The zero-order valence-corrected chi connectivity index (χ0v) is 13.8. The van der Waals surface area contributed by atoms with Crippen LogP contribution >= 0.6 is 12.4 Å². The second kappa shape index (κ2) is 8.15. The number of rotatable bonds is 5. The van der Waals surface area contributed by atoms with Gasteiger partial charge in [-0.15, -0.1) is 12.4 Å². The van der Waals surface area contributed by atoms with E-state index in [2.05, 4.69) is 5.32 Å². The third-order valence-corrected chi connectivity index (χ3v) is 4.00. The Labute approximate surface area is 137 Å². The van der Waals surface area contributed by atoms with Crippen LogP contribution in [0.15, 0.2) is 18.2 Å². The van der Waals surface area contributed by atoms with E-state index < -0.39 is 12.0 Å². The molecule has 2 rings (SSSR count). The standard InChI is InChI=1S/C16H22N2O3.ClH/c1-3-12-7-4-6-11(2)15(12)17-14(19)10-18-9-5-8-13(18)16(20)21;/h4,6-7,13H,3,5,8-10H2,1-2H3,(H,17,19)(H,20,21);1H. The lowest BCUT2D eigenvalue weighted by Gasteiger charge is -2.21. The summed E-state index contributed by atoms with van der Waals surface area (Å²) in [5.74, 6) is -0.988. The number of likely N-dealkylation sites (tertiary alicyclic amines) is 1. The van der Waals surface area contributed by atoms with Gasteiger partial charge in [-0.2, -0.15) is 0 Å². The van der Waals surface area contributed by atoms with Gasteiger partial charge in [0.1, 0.15) is 6.04 Å². The smallest absolute Gasteiger partial charge is 0.320 e. The van der Waals surface area contributed by atoms with Gasteiger partial charge in [-0.3, -0.25) is 14.5 Å². The molecule has 1 aliphatic rings. The summed E-state index contributed by atoms with van der Waals surface area (Å²) in [4.78, 5) is 25.1. The van der Waals surface area contributed by atoms with Crippen molar-refractivity contribution in [2.75, 3.05) is 18.4 Å². The Morgan fingerprint density at radius 3 is 2.77 bits per heavy atom. The molecule has 0 aromatic heterocycles. The number of amides is 1. The molecule has 1 aliphatic heterocycles. The lowest BCUT2D eigenvalue weighted by Crippen LogP contribution is -2.41. The molecule has 1 unspecified atom stereocenters. The summed E-state index contributed by atoms with van der Waals surface area (Å²) in [5, 5.41) is 12.1. The van der Waals surface area contributed by atoms with E-state index in [9.17, 15) is 9.59 Å². The van der Waals surface area contributed by atoms with E-state index in [4.69, 9.17) is 5.11 Å². The average Bonchev–Trinajstić information content (AvgIpc) is 2.89. The fourth-order valence-corrected chi connectivity index (χ4v) is 2.86. The highest BCUT2D eigenvalue weighted by Crippen LogP contribution is 2.22. The molecule has 0 aliphatic carbocycles. The van der Waals surface area contributed by atoms with Gasteiger partial charge in [0.25, 0.3) is 0 Å². The van der Waals surface area contributed by atoms with Gasteiger partial charge in [0.15, 0.2) is 0 Å². The minimum atomic E-state index is -0.842. The molecule has 0 radical (unpaired) electrons. The Morgan fingerprint density at radius 2 is 2.14 bits per heavy atom. The Hall–Kier alpha value is -1.59. The molecule has 1 saturated heterocycles. The van der Waals surface area contributed by atoms with Crippen LogP contribution < -0.4 is 5.32 Å². The van der Waals surface area contributed by atoms with Gasteiger partial charge in [0.05, 0.1) is 6.54 Å². The van der Waals surface area contributed by atoms with Crippen LogP contribution in [0.25, 0.3) is 0 Å². The first-order chi connectivity index (χ1) is 10.0. The number of hydrogen-bond donors (Lipinski definition) is 2. The molecule has 1 aromatic rings. The number of anilines is 1. The molecule has 5 nitrogen and oxygen atoms in total. The number of halogens is 1. The van der Waals surface area contributed by atoms with Crippen molar-refractivity contribution >= 4 is 30.0 Å². The molecule has 0 bridgehead atoms. The Kier molecular flexibility index (Phi) is 6.84. The molecule has 1 fully saturated rings. The fraction of sp³-hybridized carbons (Fsp3) is 0.500. The van der Waals surface area contributed by atoms with Crippen molar-refractivity contribution in [3.8, 4) is 0 Å². The van der Waals surface area contributed by atoms with Gasteiger partial charge >= 0.3 is 5.97 Å². The first kappa shape index (κ1) is 18.5. The van der Waals surface area contributed by atoms with E-state index in [-0.39, 0.29) is 24.9 Å². The number of carboxylic acids is 1. The van der Waals surface area contributed by atoms with Crippen molar-refractivity contribution < 1.29 is 14.7 Å². The van der Waals surface area contributed by atoms with Crippen LogP contribution in [-0.4, -0.2) is 41.0 Å². The van der Waals surface area contributed by atoms with Crippen LogP contribution in [0.1, 0.15) is 30.9 Å². The van der Waals surface area contributed by atoms with E-state index in [1.54, 1.807) is 4.90 Å². The van der Waals surface area contributed by atoms with Crippen LogP contribution in [0.4, 0.5) is 5.69 Å². The maximum absolute atomic E-state index is 12.2. The molecule has 1 atom stereocenters. The lowest BCUT2D eigenvalue weighted by molar-refractivity contribution is -0.142. The summed E-state index contributed by atoms with van der Waals surface area (Å²) in [6.07, 6.45) is 2.29. The summed E-state index contributed by atoms with van der Waals surface area (Å²) >= 11 is 0. The van der Waals surface area contributed by atoms with Gasteiger partial charge in [-0.1, -0.05) is 25.1 Å². The predicted molar refractivity (Wildman–Crippen MR) is 88.7 cm³/mol. The molecule has 0 spiro atoms. The lowest BCUT2D eigenvalue weighted by atomic mass is 10.1. The number of benzene rings is 1. The van der Waals surface area contributed by atoms with Gasteiger partial charge in [-0.05, 0) is 43.9 Å². The maximum Gasteiger partial charge on any atom is 0.320 e. The highest BCUT2D eigenvalue weighted by molar-refractivity contribution is 5.94. The molecular formula is C16H23ClN2O3. The number of hydrogen-bond acceptors (Lipinski definition) is 3. The number of nitrogens with zero attached hydrogens (tertiary/aromatic N) is 1. The minimum absolute atomic E-state index is 0. The van der Waals surface area contributed by atoms with Gasteiger partial charge in [-0.25, -0.2) is 0 Å². The van der Waals surface area contributed by atoms with Gasteiger partial charge < -0.3 is 10.4 Å². The molecule has 2 N–H and O–H groups in total. The number of nitrogens with one attached hydrogen (secondary N) is 1. The van der Waals surface area contributed by atoms with E-state index in [1.165, 1.54) is 0 Å². The van der Waals surface area contributed by atoms with Crippen molar-refractivity contribution in [3.05, 3.63) is 29.3 Å². The molecule has 1 heterocycles. The van der Waals surface area contributed by atoms with E-state index in [0.717, 1.165) is 29.7 Å². The molecule has 122 valence electrons. The highest BCUT2D eigenvalue weighted by Gasteiger charge is 2.31. The van der Waals surface area contributed by atoms with Crippen molar-refractivity contribution in [3.63, 3.8) is 0 Å². The van der Waals surface area contributed by atoms with Crippen molar-refractivity contribution in [2.24, 2.45) is 0 Å². The largest absolute Gasteiger partial charge is 0.480 e. The van der Waals surface area contributed by atoms with E-state index >= 15 is 0 Å². The normalized spacial score (nSPS) is 17.8. The number of carbonyl (C=O) groups is 2. The average molecular weight is 327 g/mol. The van der Waals surface area contributed by atoms with Crippen LogP contribution in [0.3, 0.4) is 0 Å². The van der Waals surface area contributed by atoms with Crippen LogP contribution in [0, 0.1) is 6.92 Å². The quantitative estimate of drug-likeness (QED) is 0.872. The Balaban J connectivity index is 0.00000242. The summed E-state index contributed by atoms with van der Waals surface area (Å²) in [6, 6.07) is 5.41. The number of carboxylic acid groups (broad SMARTS) is 1. The number of aliphatic carboxylic acids is 1. The van der Waals surface area contributed by atoms with Crippen LogP contribution in [0.5, 0.6) is 0 Å². The minimum Gasteiger partial charge on any atom is -0.480 e. The molecular weight excluding hydrogens is 304 g/mol. The molecule has 1 amide bonds. The maximum atomic E-state index is 12.2. The number of carbonyl (C=O) groups excluding carboxylic acids is 1. The fourth-order valence-electron chi connectivity index (χ4n) is 2.86. The van der Waals surface area contributed by atoms with Gasteiger partial charge in [0, 0.05) is 5.69 Å². The third kappa shape index (κ3) is 4.21. The monoisotopic (exact) mass is 326 g/mol. The third-order valence-electron chi connectivity index (χ3n) is 4.00. The first-order valence-electron chi connectivity index (χ1n) is 7.38. The van der Waals surface area contributed by atoms with Crippen LogP contribution in [0.2, 0.25) is 0 Å². The van der Waals surface area contributed by atoms with Crippen LogP contribution in [-0.2, 0) is 16.0 Å². The summed E-state index contributed by atoms with van der Waals surface area (Å²) in [6.45, 7) is 4.81. The first-order valence-corrected chi connectivity index (χ1v) is 7.38. The molecule has 0 saturated carbocycles. The second-order valence-electron chi connectivity index (χ2n) is 5.48. The van der Waals surface area contributed by atoms with Crippen molar-refractivity contribution in [1.82, 2.24) is 4.90 Å². The highest BCUT2D eigenvalue weighted by atomic mass is 35.5. The predicted octanol–water partition coefficient (Wildman–Crippen LogP) is 2.47. The molecule has 22 heavy (non-hydrogen) atoms. The summed E-state index contributed by atoms with van der Waals surface area (Å²) in [5.41, 5.74) is 2.98. The van der Waals surface area contributed by atoms with Crippen molar-refractivity contribution in [1.29, 1.82) is 0 Å². The van der Waals surface area contributed by atoms with E-state index in [0.29, 0.717) is 13.0 Å². The topological polar surface area (TPSA) is 69.6 Å². The summed E-state index contributed by atoms with van der Waals surface area (Å²) < 4.78 is 0. The Bertz CT molecular complexity index is 548. The summed E-state index contributed by atoms with van der Waals surface area (Å²) in [7, 11) is 0. The zero-order valence-electron chi connectivity index (χ0n) is 13.0. The SMILES string of the molecule is CCc1cccc(C)c1NC(=O)CN1CCCC1C(=O)O.Cl. The van der Waals surface area contributed by atoms with Gasteiger partial charge in [0.2, 0.25) is 5.91 Å². The number of aryl methyl sites for hydroxylation is 2. The Morgan fingerprint density at radius 1 is 1.41 bits per heavy atom. The zero-order chi connectivity index (χ0) is 15.4. The molecule has 1 aromatic carbocycles. The van der Waals surface area contributed by atoms with Crippen molar-refractivity contribution in [2.45, 2.75) is 39.2 Å². The second-order valence-corrected chi connectivity index (χ2v) is 5.48.